The van der Waals surface area contributed by atoms with E-state index in [4.69, 9.17) is 16.3 Å². The third kappa shape index (κ3) is 4.43. The molecule has 1 aromatic carbocycles. The molecule has 2 heterocycles. The van der Waals surface area contributed by atoms with Gasteiger partial charge < -0.3 is 15.4 Å². The van der Waals surface area contributed by atoms with E-state index in [0.29, 0.717) is 22.8 Å². The standard InChI is InChI=1S/C21H21ClFN5O2/c1-30-21(29)12-2-4-13(5-3-12)27-19-9-15-18(10-24-19)25-11-26-20(15)28-14-6-7-17(23)16(22)8-14/h6-13H,2-5H2,1H3,(H,24,27)(H,25,26,28). The van der Waals surface area contributed by atoms with Crippen molar-refractivity contribution in [2.45, 2.75) is 31.7 Å². The van der Waals surface area contributed by atoms with Gasteiger partial charge in [0.15, 0.2) is 0 Å². The van der Waals surface area contributed by atoms with Gasteiger partial charge in [-0.25, -0.2) is 19.3 Å². The maximum Gasteiger partial charge on any atom is 0.308 e. The number of carbonyl (C=O) groups excluding carboxylic acids is 1. The summed E-state index contributed by atoms with van der Waals surface area (Å²) < 4.78 is 18.3. The molecule has 2 N–H and O–H groups in total. The van der Waals surface area contributed by atoms with Crippen LogP contribution in [-0.4, -0.2) is 34.1 Å². The molecule has 2 aromatic heterocycles. The summed E-state index contributed by atoms with van der Waals surface area (Å²) in [6.45, 7) is 0. The molecule has 3 aromatic rings. The van der Waals surface area contributed by atoms with Crippen molar-refractivity contribution in [1.82, 2.24) is 15.0 Å². The van der Waals surface area contributed by atoms with Crippen LogP contribution in [0.1, 0.15) is 25.7 Å². The topological polar surface area (TPSA) is 89.0 Å². The second kappa shape index (κ2) is 8.79. The molecule has 30 heavy (non-hydrogen) atoms. The highest BCUT2D eigenvalue weighted by molar-refractivity contribution is 6.31. The molecular weight excluding hydrogens is 409 g/mol. The monoisotopic (exact) mass is 429 g/mol. The van der Waals surface area contributed by atoms with Gasteiger partial charge in [0, 0.05) is 17.1 Å². The Morgan fingerprint density at radius 2 is 1.97 bits per heavy atom. The Morgan fingerprint density at radius 3 is 2.70 bits per heavy atom. The summed E-state index contributed by atoms with van der Waals surface area (Å²) in [5, 5.41) is 7.41. The van der Waals surface area contributed by atoms with Crippen LogP contribution in [0, 0.1) is 11.7 Å². The predicted octanol–water partition coefficient (Wildman–Crippen LogP) is 4.70. The summed E-state index contributed by atoms with van der Waals surface area (Å²) >= 11 is 5.87. The van der Waals surface area contributed by atoms with Gasteiger partial charge in [-0.1, -0.05) is 11.6 Å². The van der Waals surface area contributed by atoms with Gasteiger partial charge >= 0.3 is 5.97 Å². The molecule has 0 saturated heterocycles. The number of pyridine rings is 1. The largest absolute Gasteiger partial charge is 0.469 e. The molecular formula is C21H21ClFN5O2. The van der Waals surface area contributed by atoms with Crippen LogP contribution >= 0.6 is 11.6 Å². The maximum atomic E-state index is 13.4. The Kier molecular flexibility index (Phi) is 5.94. The van der Waals surface area contributed by atoms with E-state index in [1.807, 2.05) is 6.07 Å². The maximum absolute atomic E-state index is 13.4. The lowest BCUT2D eigenvalue weighted by Crippen LogP contribution is -2.30. The van der Waals surface area contributed by atoms with E-state index in [1.54, 1.807) is 12.3 Å². The van der Waals surface area contributed by atoms with Crippen LogP contribution in [-0.2, 0) is 9.53 Å². The number of methoxy groups -OCH3 is 1. The van der Waals surface area contributed by atoms with E-state index < -0.39 is 5.82 Å². The van der Waals surface area contributed by atoms with Gasteiger partial charge in [-0.15, -0.1) is 0 Å². The molecule has 0 radical (unpaired) electrons. The van der Waals surface area contributed by atoms with Crippen LogP contribution < -0.4 is 10.6 Å². The normalized spacial score (nSPS) is 18.8. The number of nitrogens with zero attached hydrogens (tertiary/aromatic N) is 3. The van der Waals surface area contributed by atoms with Gasteiger partial charge in [0.2, 0.25) is 0 Å². The van der Waals surface area contributed by atoms with E-state index in [0.717, 1.165) is 31.1 Å². The van der Waals surface area contributed by atoms with Gasteiger partial charge in [-0.05, 0) is 49.9 Å². The minimum Gasteiger partial charge on any atom is -0.469 e. The summed E-state index contributed by atoms with van der Waals surface area (Å²) in [7, 11) is 1.43. The van der Waals surface area contributed by atoms with E-state index >= 15 is 0 Å². The average molecular weight is 430 g/mol. The number of esters is 1. The van der Waals surface area contributed by atoms with Crippen molar-refractivity contribution in [3.05, 3.63) is 47.6 Å². The lowest BCUT2D eigenvalue weighted by atomic mass is 9.86. The van der Waals surface area contributed by atoms with Crippen molar-refractivity contribution in [1.29, 1.82) is 0 Å². The molecule has 1 fully saturated rings. The first kappa shape index (κ1) is 20.3. The Labute approximate surface area is 178 Å². The van der Waals surface area contributed by atoms with Gasteiger partial charge in [-0.2, -0.15) is 0 Å². The summed E-state index contributed by atoms with van der Waals surface area (Å²) in [6, 6.07) is 6.51. The Morgan fingerprint density at radius 1 is 1.17 bits per heavy atom. The van der Waals surface area contributed by atoms with E-state index in [9.17, 15) is 9.18 Å². The zero-order valence-corrected chi connectivity index (χ0v) is 17.1. The van der Waals surface area contributed by atoms with Crippen molar-refractivity contribution in [3.8, 4) is 0 Å². The minimum absolute atomic E-state index is 0.0238. The number of aromatic nitrogens is 3. The quantitative estimate of drug-likeness (QED) is 0.568. The Hall–Kier alpha value is -3.00. The first-order chi connectivity index (χ1) is 14.5. The highest BCUT2D eigenvalue weighted by Gasteiger charge is 2.27. The number of nitrogens with one attached hydrogen (secondary N) is 2. The minimum atomic E-state index is -0.479. The predicted molar refractivity (Wildman–Crippen MR) is 113 cm³/mol. The molecule has 0 unspecified atom stereocenters. The molecule has 156 valence electrons. The first-order valence-electron chi connectivity index (χ1n) is 9.70. The summed E-state index contributed by atoms with van der Waals surface area (Å²) in [4.78, 5) is 24.7. The summed E-state index contributed by atoms with van der Waals surface area (Å²) in [5.41, 5.74) is 1.30. The molecule has 7 nitrogen and oxygen atoms in total. The highest BCUT2D eigenvalue weighted by atomic mass is 35.5. The fourth-order valence-corrected chi connectivity index (χ4v) is 3.88. The number of hydrogen-bond acceptors (Lipinski definition) is 7. The fraction of sp³-hybridized carbons (Fsp3) is 0.333. The third-order valence-electron chi connectivity index (χ3n) is 5.32. The van der Waals surface area contributed by atoms with Gasteiger partial charge in [0.1, 0.15) is 23.8 Å². The number of carbonyl (C=O) groups is 1. The van der Waals surface area contributed by atoms with Crippen LogP contribution in [0.15, 0.2) is 36.8 Å². The van der Waals surface area contributed by atoms with Crippen LogP contribution in [0.5, 0.6) is 0 Å². The number of rotatable bonds is 5. The van der Waals surface area contributed by atoms with Gasteiger partial charge in [-0.3, -0.25) is 4.79 Å². The van der Waals surface area contributed by atoms with Crippen LogP contribution in [0.3, 0.4) is 0 Å². The van der Waals surface area contributed by atoms with E-state index in [2.05, 4.69) is 25.6 Å². The lowest BCUT2D eigenvalue weighted by molar-refractivity contribution is -0.146. The second-order valence-corrected chi connectivity index (χ2v) is 7.69. The fourth-order valence-electron chi connectivity index (χ4n) is 3.70. The molecule has 0 spiro atoms. The van der Waals surface area contributed by atoms with Gasteiger partial charge in [0.25, 0.3) is 0 Å². The van der Waals surface area contributed by atoms with Crippen molar-refractivity contribution in [3.63, 3.8) is 0 Å². The van der Waals surface area contributed by atoms with Crippen molar-refractivity contribution in [2.24, 2.45) is 5.92 Å². The molecule has 1 aliphatic carbocycles. The third-order valence-corrected chi connectivity index (χ3v) is 5.61. The summed E-state index contributed by atoms with van der Waals surface area (Å²) in [5.74, 6) is 0.643. The van der Waals surface area contributed by atoms with E-state index in [-0.39, 0.29) is 23.0 Å². The molecule has 0 aliphatic heterocycles. The molecule has 9 heteroatoms. The van der Waals surface area contributed by atoms with Crippen LogP contribution in [0.2, 0.25) is 5.02 Å². The number of benzene rings is 1. The molecule has 0 bridgehead atoms. The number of anilines is 3. The molecule has 0 atom stereocenters. The second-order valence-electron chi connectivity index (χ2n) is 7.28. The zero-order valence-electron chi connectivity index (χ0n) is 16.4. The van der Waals surface area contributed by atoms with Gasteiger partial charge in [0.05, 0.1) is 29.8 Å². The van der Waals surface area contributed by atoms with Crippen molar-refractivity contribution < 1.29 is 13.9 Å². The van der Waals surface area contributed by atoms with E-state index in [1.165, 1.54) is 25.6 Å². The van der Waals surface area contributed by atoms with Crippen molar-refractivity contribution in [2.75, 3.05) is 17.7 Å². The van der Waals surface area contributed by atoms with Crippen LogP contribution in [0.25, 0.3) is 10.9 Å². The highest BCUT2D eigenvalue weighted by Crippen LogP contribution is 2.29. The molecule has 1 aliphatic rings. The zero-order chi connectivity index (χ0) is 21.1. The molecule has 1 saturated carbocycles. The Bertz CT molecular complexity index is 1070. The number of ether oxygens (including phenoxy) is 1. The number of hydrogen-bond donors (Lipinski definition) is 2. The average Bonchev–Trinajstić information content (AvgIpc) is 2.77. The SMILES string of the molecule is COC(=O)C1CCC(Nc2cc3c(Nc4ccc(F)c(Cl)c4)ncnc3cn2)CC1. The summed E-state index contributed by atoms with van der Waals surface area (Å²) in [6.07, 6.45) is 6.44. The Balaban J connectivity index is 1.51. The van der Waals surface area contributed by atoms with Crippen molar-refractivity contribution >= 4 is 45.8 Å². The first-order valence-corrected chi connectivity index (χ1v) is 10.1. The lowest BCUT2D eigenvalue weighted by Gasteiger charge is -2.28. The smallest absolute Gasteiger partial charge is 0.308 e. The van der Waals surface area contributed by atoms with Crippen LogP contribution in [0.4, 0.5) is 21.7 Å². The molecule has 4 rings (SSSR count). The molecule has 0 amide bonds. The number of halogens is 2. The number of fused-ring (bicyclic) bond motifs is 1.